The van der Waals surface area contributed by atoms with Crippen molar-refractivity contribution in [1.82, 2.24) is 30.4 Å². The highest BCUT2D eigenvalue weighted by molar-refractivity contribution is 5.97. The SMILES string of the molecule is Cc1ccc(OCCN(C)C)cc1C(=O)N[C@H](C)c1cc(-c2cnc3[nH]ncc3c2)nc2ccccc12. The third-order valence-corrected chi connectivity index (χ3v) is 6.41. The fourth-order valence-electron chi connectivity index (χ4n) is 4.32. The molecule has 0 aliphatic rings. The minimum absolute atomic E-state index is 0.146. The van der Waals surface area contributed by atoms with Crippen molar-refractivity contribution >= 4 is 27.8 Å². The van der Waals surface area contributed by atoms with Crippen LogP contribution in [0.15, 0.2) is 67.0 Å². The van der Waals surface area contributed by atoms with Gasteiger partial charge in [0.15, 0.2) is 5.65 Å². The molecule has 0 fully saturated rings. The van der Waals surface area contributed by atoms with Crippen molar-refractivity contribution in [3.8, 4) is 17.0 Å². The minimum Gasteiger partial charge on any atom is -0.492 e. The number of carbonyl (C=O) groups excluding carboxylic acids is 1. The average Bonchev–Trinajstić information content (AvgIpc) is 3.36. The Balaban J connectivity index is 1.44. The van der Waals surface area contributed by atoms with Crippen LogP contribution in [0.4, 0.5) is 0 Å². The number of para-hydroxylation sites is 1. The maximum Gasteiger partial charge on any atom is 0.252 e. The van der Waals surface area contributed by atoms with E-state index in [2.05, 4.69) is 25.4 Å². The molecule has 0 saturated carbocycles. The number of fused-ring (bicyclic) bond motifs is 2. The normalized spacial score (nSPS) is 12.2. The van der Waals surface area contributed by atoms with Gasteiger partial charge in [0.1, 0.15) is 12.4 Å². The van der Waals surface area contributed by atoms with Crippen LogP contribution in [0, 0.1) is 6.92 Å². The van der Waals surface area contributed by atoms with Gasteiger partial charge in [-0.15, -0.1) is 0 Å². The molecule has 0 saturated heterocycles. The summed E-state index contributed by atoms with van der Waals surface area (Å²) in [6, 6.07) is 17.4. The van der Waals surface area contributed by atoms with E-state index in [9.17, 15) is 4.79 Å². The Kier molecular flexibility index (Phi) is 6.83. The molecule has 2 N–H and O–H groups in total. The molecule has 188 valence electrons. The van der Waals surface area contributed by atoms with E-state index in [0.717, 1.165) is 50.9 Å². The summed E-state index contributed by atoms with van der Waals surface area (Å²) in [7, 11) is 4.00. The molecule has 2 aromatic carbocycles. The quantitative estimate of drug-likeness (QED) is 0.318. The lowest BCUT2D eigenvalue weighted by Gasteiger charge is -2.19. The second-order valence-electron chi connectivity index (χ2n) is 9.47. The standard InChI is InChI=1S/C29H30N6O2/c1-18-9-10-22(37-12-11-35(3)4)14-24(18)29(36)32-19(2)25-15-27(33-26-8-6-5-7-23(25)26)20-13-21-17-31-34-28(21)30-16-20/h5-10,13-17,19H,11-12H2,1-4H3,(H,32,36)(H,30,31,34)/t19-/m1/s1. The van der Waals surface area contributed by atoms with E-state index in [4.69, 9.17) is 9.72 Å². The number of ether oxygens (including phenoxy) is 1. The zero-order valence-corrected chi connectivity index (χ0v) is 21.4. The number of likely N-dealkylation sites (N-methyl/N-ethyl adjacent to an activating group) is 1. The van der Waals surface area contributed by atoms with Crippen LogP contribution in [0.25, 0.3) is 33.2 Å². The number of carbonyl (C=O) groups is 1. The highest BCUT2D eigenvalue weighted by atomic mass is 16.5. The fourth-order valence-corrected chi connectivity index (χ4v) is 4.32. The molecule has 8 heteroatoms. The predicted molar refractivity (Wildman–Crippen MR) is 146 cm³/mol. The van der Waals surface area contributed by atoms with Crippen molar-refractivity contribution in [3.63, 3.8) is 0 Å². The number of nitrogens with zero attached hydrogens (tertiary/aromatic N) is 4. The van der Waals surface area contributed by atoms with Gasteiger partial charge in [-0.2, -0.15) is 5.10 Å². The zero-order chi connectivity index (χ0) is 25.9. The number of rotatable bonds is 8. The Labute approximate surface area is 215 Å². The first-order valence-corrected chi connectivity index (χ1v) is 12.3. The molecular weight excluding hydrogens is 464 g/mol. The number of hydrogen-bond acceptors (Lipinski definition) is 6. The van der Waals surface area contributed by atoms with Gasteiger partial charge in [-0.05, 0) is 69.4 Å². The number of hydrogen-bond donors (Lipinski definition) is 2. The summed E-state index contributed by atoms with van der Waals surface area (Å²) >= 11 is 0. The number of aryl methyl sites for hydroxylation is 1. The highest BCUT2D eigenvalue weighted by Crippen LogP contribution is 2.30. The summed E-state index contributed by atoms with van der Waals surface area (Å²) in [6.07, 6.45) is 3.53. The van der Waals surface area contributed by atoms with E-state index in [0.29, 0.717) is 17.9 Å². The molecule has 1 atom stereocenters. The molecule has 0 bridgehead atoms. The van der Waals surface area contributed by atoms with Crippen LogP contribution in [0.2, 0.25) is 0 Å². The molecule has 0 radical (unpaired) electrons. The Morgan fingerprint density at radius 1 is 1.11 bits per heavy atom. The molecule has 5 aromatic rings. The number of aromatic nitrogens is 4. The van der Waals surface area contributed by atoms with Crippen molar-refractivity contribution in [3.05, 3.63) is 83.7 Å². The van der Waals surface area contributed by atoms with Crippen molar-refractivity contribution in [1.29, 1.82) is 0 Å². The van der Waals surface area contributed by atoms with E-state index < -0.39 is 0 Å². The largest absolute Gasteiger partial charge is 0.492 e. The lowest BCUT2D eigenvalue weighted by molar-refractivity contribution is 0.0939. The topological polar surface area (TPSA) is 96.0 Å². The molecule has 0 aliphatic carbocycles. The summed E-state index contributed by atoms with van der Waals surface area (Å²) in [5.74, 6) is 0.538. The molecule has 0 unspecified atom stereocenters. The van der Waals surface area contributed by atoms with Gasteiger partial charge in [-0.3, -0.25) is 9.89 Å². The lowest BCUT2D eigenvalue weighted by Crippen LogP contribution is -2.27. The van der Waals surface area contributed by atoms with E-state index in [-0.39, 0.29) is 11.9 Å². The van der Waals surface area contributed by atoms with Crippen LogP contribution in [0.1, 0.15) is 34.5 Å². The van der Waals surface area contributed by atoms with Crippen molar-refractivity contribution in [2.24, 2.45) is 0 Å². The number of aromatic amines is 1. The number of H-pyrrole nitrogens is 1. The fraction of sp³-hybridized carbons (Fsp3) is 0.241. The molecular formula is C29H30N6O2. The summed E-state index contributed by atoms with van der Waals surface area (Å²) in [5, 5.41) is 12.0. The molecule has 3 heterocycles. The van der Waals surface area contributed by atoms with E-state index in [1.54, 1.807) is 12.4 Å². The molecule has 3 aromatic heterocycles. The Hall–Kier alpha value is -4.30. The molecule has 8 nitrogen and oxygen atoms in total. The van der Waals surface area contributed by atoms with Gasteiger partial charge in [-0.25, -0.2) is 9.97 Å². The van der Waals surface area contributed by atoms with Gasteiger partial charge in [0, 0.05) is 34.6 Å². The maximum absolute atomic E-state index is 13.4. The second kappa shape index (κ2) is 10.4. The van der Waals surface area contributed by atoms with Crippen LogP contribution in [0.3, 0.4) is 0 Å². The minimum atomic E-state index is -0.262. The van der Waals surface area contributed by atoms with E-state index in [1.807, 2.05) is 82.5 Å². The van der Waals surface area contributed by atoms with Crippen molar-refractivity contribution in [2.45, 2.75) is 19.9 Å². The molecule has 1 amide bonds. The summed E-state index contributed by atoms with van der Waals surface area (Å²) < 4.78 is 5.86. The van der Waals surface area contributed by atoms with Gasteiger partial charge in [0.2, 0.25) is 0 Å². The molecule has 0 spiro atoms. The van der Waals surface area contributed by atoms with Crippen molar-refractivity contribution in [2.75, 3.05) is 27.2 Å². The smallest absolute Gasteiger partial charge is 0.252 e. The average molecular weight is 495 g/mol. The highest BCUT2D eigenvalue weighted by Gasteiger charge is 2.18. The summed E-state index contributed by atoms with van der Waals surface area (Å²) in [4.78, 5) is 24.8. The van der Waals surface area contributed by atoms with Gasteiger partial charge in [-0.1, -0.05) is 24.3 Å². The van der Waals surface area contributed by atoms with Gasteiger partial charge < -0.3 is 15.0 Å². The predicted octanol–water partition coefficient (Wildman–Crippen LogP) is 4.91. The van der Waals surface area contributed by atoms with Gasteiger partial charge >= 0.3 is 0 Å². The molecule has 0 aliphatic heterocycles. The van der Waals surface area contributed by atoms with Crippen molar-refractivity contribution < 1.29 is 9.53 Å². The number of amides is 1. The van der Waals surface area contributed by atoms with Crippen LogP contribution >= 0.6 is 0 Å². The molecule has 5 rings (SSSR count). The maximum atomic E-state index is 13.4. The lowest BCUT2D eigenvalue weighted by atomic mass is 9.99. The third-order valence-electron chi connectivity index (χ3n) is 6.41. The first kappa shape index (κ1) is 24.4. The second-order valence-corrected chi connectivity index (χ2v) is 9.47. The zero-order valence-electron chi connectivity index (χ0n) is 21.4. The van der Waals surface area contributed by atoms with Crippen LogP contribution in [-0.4, -0.2) is 58.2 Å². The summed E-state index contributed by atoms with van der Waals surface area (Å²) in [6.45, 7) is 5.28. The van der Waals surface area contributed by atoms with Gasteiger partial charge in [0.05, 0.1) is 23.4 Å². The Morgan fingerprint density at radius 3 is 2.78 bits per heavy atom. The summed E-state index contributed by atoms with van der Waals surface area (Å²) in [5.41, 5.74) is 5.74. The number of benzene rings is 2. The Bertz CT molecular complexity index is 1580. The van der Waals surface area contributed by atoms with Gasteiger partial charge in [0.25, 0.3) is 5.91 Å². The molecule has 37 heavy (non-hydrogen) atoms. The van der Waals surface area contributed by atoms with Crippen LogP contribution in [0.5, 0.6) is 5.75 Å². The first-order valence-electron chi connectivity index (χ1n) is 12.3. The monoisotopic (exact) mass is 494 g/mol. The Morgan fingerprint density at radius 2 is 1.95 bits per heavy atom. The number of pyridine rings is 2. The third kappa shape index (κ3) is 5.29. The number of nitrogens with one attached hydrogen (secondary N) is 2. The van der Waals surface area contributed by atoms with Crippen LogP contribution < -0.4 is 10.1 Å². The van der Waals surface area contributed by atoms with E-state index in [1.165, 1.54) is 0 Å². The van der Waals surface area contributed by atoms with Crippen LogP contribution in [-0.2, 0) is 0 Å². The first-order chi connectivity index (χ1) is 17.9. The van der Waals surface area contributed by atoms with E-state index >= 15 is 0 Å².